The summed E-state index contributed by atoms with van der Waals surface area (Å²) in [7, 11) is 1.89. The molecule has 1 N–H and O–H groups in total. The molecule has 0 saturated carbocycles. The second-order valence-electron chi connectivity index (χ2n) is 2.73. The van der Waals surface area contributed by atoms with Crippen LogP contribution in [-0.2, 0) is 0 Å². The van der Waals surface area contributed by atoms with Crippen LogP contribution in [0.4, 0.5) is 0 Å². The third-order valence-corrected chi connectivity index (χ3v) is 1.68. The number of hydrogen-bond acceptors (Lipinski definition) is 3. The van der Waals surface area contributed by atoms with Gasteiger partial charge in [0.2, 0.25) is 0 Å². The van der Waals surface area contributed by atoms with Crippen LogP contribution in [0.1, 0.15) is 18.5 Å². The average molecular weight is 164 g/mol. The van der Waals surface area contributed by atoms with E-state index in [1.165, 1.54) is 0 Å². The quantitative estimate of drug-likeness (QED) is 0.709. The van der Waals surface area contributed by atoms with Gasteiger partial charge >= 0.3 is 0 Å². The van der Waals surface area contributed by atoms with Crippen LogP contribution in [0, 0.1) is 11.3 Å². The fourth-order valence-electron chi connectivity index (χ4n) is 1.03. The van der Waals surface area contributed by atoms with Gasteiger partial charge in [0.15, 0.2) is 0 Å². The van der Waals surface area contributed by atoms with Crippen LogP contribution < -0.4 is 5.32 Å². The molecule has 12 heavy (non-hydrogen) atoms. The molecule has 1 aromatic rings. The lowest BCUT2D eigenvalue weighted by Gasteiger charge is -2.10. The summed E-state index contributed by atoms with van der Waals surface area (Å²) in [6.45, 7) is 2.90. The van der Waals surface area contributed by atoms with Crippen LogP contribution in [0.5, 0.6) is 0 Å². The first kappa shape index (κ1) is 8.75. The Morgan fingerprint density at radius 3 is 3.08 bits per heavy atom. The van der Waals surface area contributed by atoms with Crippen molar-refractivity contribution in [3.63, 3.8) is 0 Å². The lowest BCUT2D eigenvalue weighted by atomic mass is 10.3. The van der Waals surface area contributed by atoms with Crippen molar-refractivity contribution in [2.24, 2.45) is 0 Å². The van der Waals surface area contributed by atoms with E-state index in [1.807, 2.05) is 20.0 Å². The van der Waals surface area contributed by atoms with E-state index in [4.69, 9.17) is 5.26 Å². The molecule has 1 atom stereocenters. The van der Waals surface area contributed by atoms with E-state index in [0.717, 1.165) is 6.54 Å². The largest absolute Gasteiger partial charge is 0.318 e. The van der Waals surface area contributed by atoms with Crippen LogP contribution in [0.15, 0.2) is 12.4 Å². The van der Waals surface area contributed by atoms with Gasteiger partial charge in [-0.15, -0.1) is 0 Å². The predicted octanol–water partition coefficient (Wildman–Crippen LogP) is 0.535. The smallest absolute Gasteiger partial charge is 0.102 e. The minimum Gasteiger partial charge on any atom is -0.318 e. The second kappa shape index (κ2) is 3.88. The molecule has 64 valence electrons. The van der Waals surface area contributed by atoms with Crippen molar-refractivity contribution < 1.29 is 0 Å². The van der Waals surface area contributed by atoms with Crippen LogP contribution in [0.3, 0.4) is 0 Å². The Morgan fingerprint density at radius 1 is 1.83 bits per heavy atom. The molecule has 0 aliphatic rings. The molecule has 1 unspecified atom stereocenters. The molecule has 0 aromatic carbocycles. The molecule has 0 spiro atoms. The number of nitrogens with one attached hydrogen (secondary N) is 1. The molecule has 1 heterocycles. The molecule has 0 amide bonds. The minimum atomic E-state index is 0.289. The zero-order valence-corrected chi connectivity index (χ0v) is 7.28. The molecule has 0 saturated heterocycles. The molecule has 1 rings (SSSR count). The summed E-state index contributed by atoms with van der Waals surface area (Å²) in [5.74, 6) is 0. The molecular weight excluding hydrogens is 152 g/mol. The Bertz CT molecular complexity index is 283. The second-order valence-corrected chi connectivity index (χ2v) is 2.73. The van der Waals surface area contributed by atoms with Gasteiger partial charge < -0.3 is 5.32 Å². The zero-order valence-electron chi connectivity index (χ0n) is 7.28. The standard InChI is InChI=1S/C8H12N4/c1-7(4-10-2)12-6-8(3-9)5-11-12/h5-7,10H,4H2,1-2H3. The highest BCUT2D eigenvalue weighted by molar-refractivity contribution is 5.21. The lowest BCUT2D eigenvalue weighted by molar-refractivity contribution is 0.471. The van der Waals surface area contributed by atoms with E-state index >= 15 is 0 Å². The minimum absolute atomic E-state index is 0.289. The van der Waals surface area contributed by atoms with Crippen molar-refractivity contribution in [2.75, 3.05) is 13.6 Å². The summed E-state index contributed by atoms with van der Waals surface area (Å²) >= 11 is 0. The van der Waals surface area contributed by atoms with E-state index < -0.39 is 0 Å². The van der Waals surface area contributed by atoms with Gasteiger partial charge in [-0.3, -0.25) is 4.68 Å². The summed E-state index contributed by atoms with van der Waals surface area (Å²) in [5.41, 5.74) is 0.609. The lowest BCUT2D eigenvalue weighted by Crippen LogP contribution is -2.20. The summed E-state index contributed by atoms with van der Waals surface area (Å²) in [6.07, 6.45) is 3.33. The molecule has 4 nitrogen and oxygen atoms in total. The SMILES string of the molecule is CNCC(C)n1cc(C#N)cn1. The number of aromatic nitrogens is 2. The van der Waals surface area contributed by atoms with Gasteiger partial charge in [-0.05, 0) is 14.0 Å². The fourth-order valence-corrected chi connectivity index (χ4v) is 1.03. The Hall–Kier alpha value is -1.34. The summed E-state index contributed by atoms with van der Waals surface area (Å²) in [4.78, 5) is 0. The van der Waals surface area contributed by atoms with Gasteiger partial charge in [0.05, 0.1) is 17.8 Å². The Balaban J connectivity index is 2.69. The van der Waals surface area contributed by atoms with E-state index in [9.17, 15) is 0 Å². The molecule has 0 bridgehead atoms. The highest BCUT2D eigenvalue weighted by Crippen LogP contribution is 2.03. The average Bonchev–Trinajstić information content (AvgIpc) is 2.52. The summed E-state index contributed by atoms with van der Waals surface area (Å²) in [5, 5.41) is 15.7. The Kier molecular flexibility index (Phi) is 2.83. The van der Waals surface area contributed by atoms with Crippen molar-refractivity contribution in [3.8, 4) is 6.07 Å². The first-order valence-electron chi connectivity index (χ1n) is 3.86. The normalized spacial score (nSPS) is 12.4. The molecule has 4 heteroatoms. The maximum atomic E-state index is 8.54. The van der Waals surface area contributed by atoms with Gasteiger partial charge in [-0.25, -0.2) is 0 Å². The van der Waals surface area contributed by atoms with Crippen molar-refractivity contribution in [2.45, 2.75) is 13.0 Å². The molecule has 0 aliphatic carbocycles. The third-order valence-electron chi connectivity index (χ3n) is 1.68. The Morgan fingerprint density at radius 2 is 2.58 bits per heavy atom. The van der Waals surface area contributed by atoms with Crippen molar-refractivity contribution in [3.05, 3.63) is 18.0 Å². The molecule has 1 aromatic heterocycles. The highest BCUT2D eigenvalue weighted by atomic mass is 15.3. The monoisotopic (exact) mass is 164 g/mol. The molecular formula is C8H12N4. The van der Waals surface area contributed by atoms with E-state index in [1.54, 1.807) is 17.1 Å². The van der Waals surface area contributed by atoms with Gasteiger partial charge in [-0.1, -0.05) is 0 Å². The van der Waals surface area contributed by atoms with Gasteiger partial charge in [-0.2, -0.15) is 10.4 Å². The first-order chi connectivity index (χ1) is 5.77. The number of rotatable bonds is 3. The van der Waals surface area contributed by atoms with Gasteiger partial charge in [0, 0.05) is 12.7 Å². The maximum absolute atomic E-state index is 8.54. The third kappa shape index (κ3) is 1.83. The zero-order chi connectivity index (χ0) is 8.97. The van der Waals surface area contributed by atoms with Crippen LogP contribution in [-0.4, -0.2) is 23.4 Å². The Labute approximate surface area is 71.8 Å². The maximum Gasteiger partial charge on any atom is 0.102 e. The van der Waals surface area contributed by atoms with E-state index in [0.29, 0.717) is 5.56 Å². The number of nitrogens with zero attached hydrogens (tertiary/aromatic N) is 3. The fraction of sp³-hybridized carbons (Fsp3) is 0.500. The van der Waals surface area contributed by atoms with Crippen LogP contribution in [0.2, 0.25) is 0 Å². The number of likely N-dealkylation sites (N-methyl/N-ethyl adjacent to an activating group) is 1. The first-order valence-corrected chi connectivity index (χ1v) is 3.86. The van der Waals surface area contributed by atoms with Crippen molar-refractivity contribution >= 4 is 0 Å². The van der Waals surface area contributed by atoms with Crippen molar-refractivity contribution in [1.82, 2.24) is 15.1 Å². The molecule has 0 aliphatic heterocycles. The molecule has 0 radical (unpaired) electrons. The highest BCUT2D eigenvalue weighted by Gasteiger charge is 2.04. The van der Waals surface area contributed by atoms with Crippen molar-refractivity contribution in [1.29, 1.82) is 5.26 Å². The van der Waals surface area contributed by atoms with Crippen LogP contribution >= 0.6 is 0 Å². The van der Waals surface area contributed by atoms with Crippen LogP contribution in [0.25, 0.3) is 0 Å². The summed E-state index contributed by atoms with van der Waals surface area (Å²) < 4.78 is 1.79. The molecule has 0 fully saturated rings. The number of hydrogen-bond donors (Lipinski definition) is 1. The van der Waals surface area contributed by atoms with Gasteiger partial charge in [0.1, 0.15) is 6.07 Å². The number of nitriles is 1. The van der Waals surface area contributed by atoms with E-state index in [-0.39, 0.29) is 6.04 Å². The topological polar surface area (TPSA) is 53.6 Å². The van der Waals surface area contributed by atoms with E-state index in [2.05, 4.69) is 10.4 Å². The van der Waals surface area contributed by atoms with Gasteiger partial charge in [0.25, 0.3) is 0 Å². The summed E-state index contributed by atoms with van der Waals surface area (Å²) in [6, 6.07) is 2.33. The predicted molar refractivity (Wildman–Crippen MR) is 45.6 cm³/mol.